The SMILES string of the molecule is CC(=O)N[C@@H](CCCN=C(N)N)C(=O)N[C@H]1CSC2(CN=C(N)N)C[C@H](NC(=O)[C@@H](Cc3ccccc3)NC(=O)[C@H](Cc3cnc[nH]3)NC(=O)[C@@H](C)NC1=O)C(=O)N[C@@H](Cc1c[nH]c3ccccc13)C(=O)N[C@H](C(N)=O)CS2. The van der Waals surface area contributed by atoms with Crippen molar-refractivity contribution >= 4 is 99.5 Å². The molecule has 0 saturated carbocycles. The third-order valence-corrected chi connectivity index (χ3v) is 16.0. The van der Waals surface area contributed by atoms with Crippen molar-refractivity contribution in [2.24, 2.45) is 38.7 Å². The average molecular weight is 1120 g/mol. The molecule has 20 N–H and O–H groups in total. The van der Waals surface area contributed by atoms with Crippen LogP contribution in [-0.2, 0) is 62.4 Å². The standard InChI is InChI=1S/C49H66N18O9S2/c1-25-40(70)62-35(17-29-20-55-24-59-29)44(74)63-33(15-27-9-4-3-5-10-27)42(72)65-36-18-49(23-58-48(53)54,78-22-38(46(76)60-25)67-41(71)32(61-26(2)68)13-8-14-56-47(51)52)77-21-37(39(50)69)66-43(73)34(64-45(36)75)16-28-19-57-31-12-7-6-11-30(28)31/h3-7,9-12,19-20,24-25,32-38,57H,8,13-18,21-23H2,1-2H3,(H2,50,69)(H,55,59)(H,60,76)(H,61,68)(H,62,70)(H,63,74)(H,64,75)(H,65,72)(H,66,73)(H,67,71)(H4,51,52,56)(H4,53,54,58)/t25-,32+,33-,34+,35+,36+,37+,38+,49?/m1/s1. The number of primary amides is 1. The Hall–Kier alpha value is -8.34. The zero-order chi connectivity index (χ0) is 56.5. The number of hydrogen-bond donors (Lipinski definition) is 15. The van der Waals surface area contributed by atoms with Crippen LogP contribution in [0.4, 0.5) is 0 Å². The van der Waals surface area contributed by atoms with Gasteiger partial charge in [-0.25, -0.2) is 4.98 Å². The van der Waals surface area contributed by atoms with Gasteiger partial charge in [-0.2, -0.15) is 0 Å². The fourth-order valence-electron chi connectivity index (χ4n) is 8.57. The van der Waals surface area contributed by atoms with E-state index in [9.17, 15) is 33.6 Å². The molecule has 2 aliphatic rings. The number of guanidine groups is 2. The molecule has 2 aromatic heterocycles. The predicted octanol–water partition coefficient (Wildman–Crippen LogP) is -3.77. The highest BCUT2D eigenvalue weighted by Crippen LogP contribution is 2.43. The summed E-state index contributed by atoms with van der Waals surface area (Å²) in [5.41, 5.74) is 31.2. The molecular weight excluding hydrogens is 1050 g/mol. The number of imidazole rings is 1. The molecule has 2 fully saturated rings. The van der Waals surface area contributed by atoms with Crippen LogP contribution in [-0.4, -0.2) is 157 Å². The van der Waals surface area contributed by atoms with Crippen LogP contribution in [0.3, 0.4) is 0 Å². The number of amides is 9. The van der Waals surface area contributed by atoms with Gasteiger partial charge in [-0.15, -0.1) is 23.5 Å². The summed E-state index contributed by atoms with van der Waals surface area (Å²) in [7, 11) is 0. The van der Waals surface area contributed by atoms with Gasteiger partial charge in [0, 0.05) is 79.6 Å². The van der Waals surface area contributed by atoms with E-state index in [2.05, 4.69) is 67.5 Å². The fraction of sp³-hybridized carbons (Fsp3) is 0.429. The van der Waals surface area contributed by atoms with Crippen molar-refractivity contribution in [1.29, 1.82) is 0 Å². The number of fused-ring (bicyclic) bond motifs is 3. The maximum Gasteiger partial charge on any atom is 0.244 e. The maximum absolute atomic E-state index is 15.2. The molecule has 27 nitrogen and oxygen atoms in total. The van der Waals surface area contributed by atoms with Gasteiger partial charge in [-0.3, -0.25) is 53.1 Å². The lowest BCUT2D eigenvalue weighted by atomic mass is 10.0. The Kier molecular flexibility index (Phi) is 20.9. The number of para-hydroxylation sites is 1. The topological polar surface area (TPSA) is 449 Å². The number of rotatable bonds is 16. The zero-order valence-corrected chi connectivity index (χ0v) is 44.5. The first kappa shape index (κ1) is 58.9. The van der Waals surface area contributed by atoms with Crippen LogP contribution in [0.5, 0.6) is 0 Å². The van der Waals surface area contributed by atoms with Crippen molar-refractivity contribution in [3.63, 3.8) is 0 Å². The number of nitrogens with one attached hydrogen (secondary N) is 10. The molecule has 0 aliphatic carbocycles. The number of nitrogens with two attached hydrogens (primary N) is 5. The number of carbonyl (C=O) groups is 9. The first-order valence-electron chi connectivity index (χ1n) is 24.8. The molecule has 4 aromatic rings. The second kappa shape index (κ2) is 27.6. The highest BCUT2D eigenvalue weighted by molar-refractivity contribution is 8.18. The Labute approximate surface area is 456 Å². The number of H-pyrrole nitrogens is 2. The van der Waals surface area contributed by atoms with Crippen LogP contribution in [0.15, 0.2) is 83.3 Å². The summed E-state index contributed by atoms with van der Waals surface area (Å²) in [5, 5.41) is 22.4. The van der Waals surface area contributed by atoms with Crippen molar-refractivity contribution in [3.05, 3.63) is 90.1 Å². The van der Waals surface area contributed by atoms with Crippen molar-refractivity contribution < 1.29 is 43.2 Å². The van der Waals surface area contributed by atoms with Gasteiger partial charge >= 0.3 is 0 Å². The third kappa shape index (κ3) is 17.1. The van der Waals surface area contributed by atoms with Gasteiger partial charge in [0.15, 0.2) is 11.9 Å². The first-order valence-corrected chi connectivity index (χ1v) is 26.8. The highest BCUT2D eigenvalue weighted by Gasteiger charge is 2.44. The van der Waals surface area contributed by atoms with Crippen molar-refractivity contribution in [1.82, 2.24) is 57.5 Å². The Morgan fingerprint density at radius 2 is 1.37 bits per heavy atom. The molecule has 78 heavy (non-hydrogen) atoms. The second-order valence-electron chi connectivity index (χ2n) is 18.7. The largest absolute Gasteiger partial charge is 0.370 e. The van der Waals surface area contributed by atoms with E-state index >= 15 is 9.59 Å². The van der Waals surface area contributed by atoms with E-state index in [1.54, 1.807) is 42.6 Å². The van der Waals surface area contributed by atoms with E-state index in [0.29, 0.717) is 16.8 Å². The summed E-state index contributed by atoms with van der Waals surface area (Å²) in [6.45, 7) is 2.25. The number of hydrogen-bond acceptors (Lipinski definition) is 14. The molecule has 2 aromatic carbocycles. The van der Waals surface area contributed by atoms with E-state index < -0.39 is 124 Å². The summed E-state index contributed by atoms with van der Waals surface area (Å²) in [6, 6.07) is 4.59. The molecule has 29 heteroatoms. The fourth-order valence-corrected chi connectivity index (χ4v) is 11.6. The molecular formula is C49H66N18O9S2. The van der Waals surface area contributed by atoms with Gasteiger partial charge in [0.05, 0.1) is 17.0 Å². The van der Waals surface area contributed by atoms with Crippen molar-refractivity contribution in [2.75, 3.05) is 24.6 Å². The maximum atomic E-state index is 15.2. The summed E-state index contributed by atoms with van der Waals surface area (Å²) in [5.74, 6) is -8.76. The Bertz CT molecular complexity index is 2860. The van der Waals surface area contributed by atoms with Crippen LogP contribution in [0.1, 0.15) is 49.9 Å². The molecule has 4 heterocycles. The van der Waals surface area contributed by atoms with Crippen molar-refractivity contribution in [3.8, 4) is 0 Å². The Morgan fingerprint density at radius 1 is 0.731 bits per heavy atom. The molecule has 6 rings (SSSR count). The minimum atomic E-state index is -1.61. The van der Waals surface area contributed by atoms with E-state index in [1.807, 2.05) is 18.2 Å². The normalized spacial score (nSPS) is 24.2. The van der Waals surface area contributed by atoms with Gasteiger partial charge in [-0.05, 0) is 37.0 Å². The molecule has 0 radical (unpaired) electrons. The highest BCUT2D eigenvalue weighted by atomic mass is 32.2. The molecule has 2 aliphatic heterocycles. The molecule has 9 amide bonds. The first-order chi connectivity index (χ1) is 37.2. The van der Waals surface area contributed by atoms with Gasteiger partial charge in [0.25, 0.3) is 0 Å². The quantitative estimate of drug-likeness (QED) is 0.0291. The number of aromatic amines is 2. The van der Waals surface area contributed by atoms with E-state index in [1.165, 1.54) is 26.4 Å². The predicted molar refractivity (Wildman–Crippen MR) is 293 cm³/mol. The van der Waals surface area contributed by atoms with Crippen molar-refractivity contribution in [2.45, 2.75) is 105 Å². The molecule has 2 saturated heterocycles. The number of nitrogens with zero attached hydrogens (tertiary/aromatic N) is 3. The van der Waals surface area contributed by atoms with Crippen LogP contribution < -0.4 is 71.2 Å². The van der Waals surface area contributed by atoms with Gasteiger partial charge < -0.3 is 81.2 Å². The average Bonchev–Trinajstić information content (AvgIpc) is 4.11. The minimum Gasteiger partial charge on any atom is -0.370 e. The van der Waals surface area contributed by atoms with Gasteiger partial charge in [-0.1, -0.05) is 48.5 Å². The van der Waals surface area contributed by atoms with Crippen LogP contribution in [0.2, 0.25) is 0 Å². The lowest BCUT2D eigenvalue weighted by Crippen LogP contribution is -2.61. The smallest absolute Gasteiger partial charge is 0.244 e. The minimum absolute atomic E-state index is 0.00976. The van der Waals surface area contributed by atoms with E-state index in [0.717, 1.165) is 34.4 Å². The van der Waals surface area contributed by atoms with Gasteiger partial charge in [0.2, 0.25) is 53.2 Å². The zero-order valence-electron chi connectivity index (χ0n) is 42.8. The Balaban J connectivity index is 1.50. The molecule has 2 bridgehead atoms. The number of aromatic nitrogens is 3. The summed E-state index contributed by atoms with van der Waals surface area (Å²) in [6.07, 6.45) is 3.91. The van der Waals surface area contributed by atoms with Crippen LogP contribution >= 0.6 is 23.5 Å². The number of carbonyl (C=O) groups excluding carboxylic acids is 9. The molecule has 418 valence electrons. The van der Waals surface area contributed by atoms with Gasteiger partial charge in [0.1, 0.15) is 48.3 Å². The van der Waals surface area contributed by atoms with Crippen LogP contribution in [0, 0.1) is 0 Å². The second-order valence-corrected chi connectivity index (χ2v) is 21.8. The monoisotopic (exact) mass is 1110 g/mol. The van der Waals surface area contributed by atoms with E-state index in [-0.39, 0.29) is 56.9 Å². The lowest BCUT2D eigenvalue weighted by Gasteiger charge is -2.36. The van der Waals surface area contributed by atoms with Crippen LogP contribution in [0.25, 0.3) is 10.9 Å². The summed E-state index contributed by atoms with van der Waals surface area (Å²) in [4.78, 5) is 146. The number of benzene rings is 2. The lowest BCUT2D eigenvalue weighted by molar-refractivity contribution is -0.135. The third-order valence-electron chi connectivity index (χ3n) is 12.6. The molecule has 9 atom stereocenters. The molecule has 1 unspecified atom stereocenters. The van der Waals surface area contributed by atoms with E-state index in [4.69, 9.17) is 28.7 Å². The summed E-state index contributed by atoms with van der Waals surface area (Å²) < 4.78 is -1.58. The summed E-state index contributed by atoms with van der Waals surface area (Å²) >= 11 is 1.91. The Morgan fingerprint density at radius 3 is 2.06 bits per heavy atom. The number of thioether (sulfide) groups is 2. The molecule has 0 spiro atoms. The number of aliphatic imine (C=N–C) groups is 2.